The van der Waals surface area contributed by atoms with Gasteiger partial charge in [-0.05, 0) is 25.0 Å². The number of rotatable bonds is 5. The van der Waals surface area contributed by atoms with Crippen molar-refractivity contribution in [1.82, 2.24) is 34.7 Å². The molecule has 138 valence electrons. The lowest BCUT2D eigenvalue weighted by Crippen LogP contribution is -2.31. The highest BCUT2D eigenvalue weighted by molar-refractivity contribution is 5.90. The third kappa shape index (κ3) is 3.81. The normalized spacial score (nSPS) is 13.1. The number of aromatic nitrogens is 6. The highest BCUT2D eigenvalue weighted by Crippen LogP contribution is 2.30. The molecule has 26 heavy (non-hydrogen) atoms. The molecule has 0 unspecified atom stereocenters. The lowest BCUT2D eigenvalue weighted by atomic mass is 10.2. The summed E-state index contributed by atoms with van der Waals surface area (Å²) >= 11 is 0. The molecule has 3 heterocycles. The standard InChI is InChI=1S/C15H16F3N7O/c1-9(8-25-11(15(16,17)18)6-10(2)22-25)7-20-13(26)12-21-14-19-4-3-5-24(14)23-12/h3-6,9H,7-8H2,1-2H3,(H,20,26)/t9-/m0/s1. The molecule has 0 radical (unpaired) electrons. The number of hydrogen-bond acceptors (Lipinski definition) is 5. The van der Waals surface area contributed by atoms with E-state index in [1.165, 1.54) is 17.6 Å². The van der Waals surface area contributed by atoms with Crippen LogP contribution in [-0.4, -0.2) is 41.8 Å². The van der Waals surface area contributed by atoms with Gasteiger partial charge in [0.05, 0.1) is 5.69 Å². The molecule has 1 atom stereocenters. The SMILES string of the molecule is Cc1cc(C(F)(F)F)n(C[C@@H](C)CNC(=O)c2nc3ncccn3n2)n1. The van der Waals surface area contributed by atoms with Gasteiger partial charge in [0, 0.05) is 25.5 Å². The average molecular weight is 367 g/mol. The number of carbonyl (C=O) groups excluding carboxylic acids is 1. The van der Waals surface area contributed by atoms with Crippen molar-refractivity contribution in [1.29, 1.82) is 0 Å². The van der Waals surface area contributed by atoms with Gasteiger partial charge in [-0.2, -0.15) is 23.3 Å². The summed E-state index contributed by atoms with van der Waals surface area (Å²) in [6.07, 6.45) is -1.34. The molecule has 8 nitrogen and oxygen atoms in total. The number of alkyl halides is 3. The fourth-order valence-corrected chi connectivity index (χ4v) is 2.45. The summed E-state index contributed by atoms with van der Waals surface area (Å²) in [7, 11) is 0. The molecule has 0 aromatic carbocycles. The second-order valence-electron chi connectivity index (χ2n) is 5.97. The van der Waals surface area contributed by atoms with Crippen LogP contribution in [0.3, 0.4) is 0 Å². The van der Waals surface area contributed by atoms with Crippen LogP contribution in [0.15, 0.2) is 24.5 Å². The van der Waals surface area contributed by atoms with Gasteiger partial charge in [0.25, 0.3) is 11.7 Å². The van der Waals surface area contributed by atoms with Gasteiger partial charge in [0.1, 0.15) is 5.69 Å². The van der Waals surface area contributed by atoms with Gasteiger partial charge in [0.2, 0.25) is 5.82 Å². The van der Waals surface area contributed by atoms with Crippen LogP contribution in [0.2, 0.25) is 0 Å². The number of carbonyl (C=O) groups is 1. The molecule has 0 aliphatic rings. The van der Waals surface area contributed by atoms with Crippen molar-refractivity contribution in [3.63, 3.8) is 0 Å². The van der Waals surface area contributed by atoms with Crippen molar-refractivity contribution in [2.24, 2.45) is 5.92 Å². The summed E-state index contributed by atoms with van der Waals surface area (Å²) in [6.45, 7) is 3.39. The first-order valence-electron chi connectivity index (χ1n) is 7.81. The monoisotopic (exact) mass is 367 g/mol. The van der Waals surface area contributed by atoms with E-state index < -0.39 is 17.8 Å². The van der Waals surface area contributed by atoms with E-state index >= 15 is 0 Å². The number of halogens is 3. The predicted molar refractivity (Wildman–Crippen MR) is 84.2 cm³/mol. The zero-order valence-corrected chi connectivity index (χ0v) is 14.0. The summed E-state index contributed by atoms with van der Waals surface area (Å²) < 4.78 is 41.3. The smallest absolute Gasteiger partial charge is 0.349 e. The summed E-state index contributed by atoms with van der Waals surface area (Å²) in [5.41, 5.74) is -0.517. The maximum Gasteiger partial charge on any atom is 0.433 e. The summed E-state index contributed by atoms with van der Waals surface area (Å²) in [5, 5.41) is 10.5. The van der Waals surface area contributed by atoms with Crippen molar-refractivity contribution in [3.8, 4) is 0 Å². The van der Waals surface area contributed by atoms with Crippen LogP contribution in [-0.2, 0) is 12.7 Å². The largest absolute Gasteiger partial charge is 0.433 e. The highest BCUT2D eigenvalue weighted by atomic mass is 19.4. The topological polar surface area (TPSA) is 90.0 Å². The van der Waals surface area contributed by atoms with Crippen molar-refractivity contribution in [2.75, 3.05) is 6.54 Å². The minimum atomic E-state index is -4.47. The predicted octanol–water partition coefficient (Wildman–Crippen LogP) is 1.71. The molecule has 0 aliphatic heterocycles. The third-order valence-electron chi connectivity index (χ3n) is 3.61. The van der Waals surface area contributed by atoms with E-state index in [-0.39, 0.29) is 36.3 Å². The van der Waals surface area contributed by atoms with Crippen LogP contribution in [0.1, 0.15) is 28.9 Å². The van der Waals surface area contributed by atoms with Gasteiger partial charge in [-0.15, -0.1) is 5.10 Å². The Hall–Kier alpha value is -2.98. The fourth-order valence-electron chi connectivity index (χ4n) is 2.45. The minimum Gasteiger partial charge on any atom is -0.349 e. The van der Waals surface area contributed by atoms with Gasteiger partial charge in [0.15, 0.2) is 0 Å². The number of nitrogens with zero attached hydrogens (tertiary/aromatic N) is 6. The van der Waals surface area contributed by atoms with E-state index in [2.05, 4.69) is 25.5 Å². The first-order chi connectivity index (χ1) is 12.2. The Morgan fingerprint density at radius 2 is 2.12 bits per heavy atom. The minimum absolute atomic E-state index is 0.0170. The molecule has 3 aromatic heterocycles. The summed E-state index contributed by atoms with van der Waals surface area (Å²) in [6, 6.07) is 2.65. The second kappa shape index (κ2) is 6.73. The van der Waals surface area contributed by atoms with E-state index in [0.717, 1.165) is 10.7 Å². The Kier molecular flexibility index (Phi) is 4.62. The molecule has 0 saturated heterocycles. The first-order valence-corrected chi connectivity index (χ1v) is 7.81. The van der Waals surface area contributed by atoms with E-state index in [9.17, 15) is 18.0 Å². The fraction of sp³-hybridized carbons (Fsp3) is 0.400. The number of hydrogen-bond donors (Lipinski definition) is 1. The highest BCUT2D eigenvalue weighted by Gasteiger charge is 2.35. The zero-order chi connectivity index (χ0) is 18.9. The summed E-state index contributed by atoms with van der Waals surface area (Å²) in [4.78, 5) is 20.1. The molecule has 0 spiro atoms. The van der Waals surface area contributed by atoms with Crippen molar-refractivity contribution >= 4 is 11.7 Å². The van der Waals surface area contributed by atoms with E-state index in [1.54, 1.807) is 19.2 Å². The maximum atomic E-state index is 13.0. The lowest BCUT2D eigenvalue weighted by Gasteiger charge is -2.15. The Morgan fingerprint density at radius 1 is 1.35 bits per heavy atom. The second-order valence-corrected chi connectivity index (χ2v) is 5.97. The van der Waals surface area contributed by atoms with Crippen LogP contribution in [0.25, 0.3) is 5.78 Å². The molecule has 1 amide bonds. The van der Waals surface area contributed by atoms with Crippen LogP contribution in [0.4, 0.5) is 13.2 Å². The summed E-state index contributed by atoms with van der Waals surface area (Å²) in [5.74, 6) is -0.570. The maximum absolute atomic E-state index is 13.0. The molecule has 0 aliphatic carbocycles. The van der Waals surface area contributed by atoms with Crippen molar-refractivity contribution in [3.05, 3.63) is 41.7 Å². The van der Waals surface area contributed by atoms with Crippen LogP contribution in [0, 0.1) is 12.8 Å². The van der Waals surface area contributed by atoms with Crippen molar-refractivity contribution in [2.45, 2.75) is 26.6 Å². The number of amides is 1. The lowest BCUT2D eigenvalue weighted by molar-refractivity contribution is -0.144. The van der Waals surface area contributed by atoms with E-state index in [4.69, 9.17) is 0 Å². The average Bonchev–Trinajstić information content (AvgIpc) is 3.15. The quantitative estimate of drug-likeness (QED) is 0.742. The molecule has 0 fully saturated rings. The molecule has 1 N–H and O–H groups in total. The van der Waals surface area contributed by atoms with Gasteiger partial charge in [-0.25, -0.2) is 9.50 Å². The van der Waals surface area contributed by atoms with Gasteiger partial charge in [-0.1, -0.05) is 6.92 Å². The van der Waals surface area contributed by atoms with Crippen LogP contribution >= 0.6 is 0 Å². The van der Waals surface area contributed by atoms with Gasteiger partial charge < -0.3 is 5.32 Å². The molecule has 3 rings (SSSR count). The van der Waals surface area contributed by atoms with Gasteiger partial charge >= 0.3 is 6.18 Å². The van der Waals surface area contributed by atoms with Crippen LogP contribution in [0.5, 0.6) is 0 Å². The van der Waals surface area contributed by atoms with E-state index in [0.29, 0.717) is 0 Å². The molecular formula is C15H16F3N7O. The molecule has 11 heteroatoms. The van der Waals surface area contributed by atoms with E-state index in [1.807, 2.05) is 0 Å². The zero-order valence-electron chi connectivity index (χ0n) is 14.0. The van der Waals surface area contributed by atoms with Gasteiger partial charge in [-0.3, -0.25) is 9.48 Å². The third-order valence-corrected chi connectivity index (χ3v) is 3.61. The first kappa shape index (κ1) is 17.8. The van der Waals surface area contributed by atoms with Crippen LogP contribution < -0.4 is 5.32 Å². The molecule has 0 bridgehead atoms. The Labute approximate surface area is 146 Å². The molecular weight excluding hydrogens is 351 g/mol. The Balaban J connectivity index is 1.62. The Morgan fingerprint density at radius 3 is 2.81 bits per heavy atom. The molecule has 0 saturated carbocycles. The number of fused-ring (bicyclic) bond motifs is 1. The number of nitrogens with one attached hydrogen (secondary N) is 1. The van der Waals surface area contributed by atoms with Crippen molar-refractivity contribution < 1.29 is 18.0 Å². The molecule has 3 aromatic rings. The number of aryl methyl sites for hydroxylation is 1. The Bertz CT molecular complexity index is 898.